The average Bonchev–Trinajstić information content (AvgIpc) is 3.21. The maximum atomic E-state index is 13.2. The maximum absolute atomic E-state index is 13.2. The van der Waals surface area contributed by atoms with Crippen molar-refractivity contribution in [2.75, 3.05) is 41.0 Å². The SMILES string of the molecule is CCOC(=O)C1CCN(Cc2c(O)ccc3c2O/C(=C/c2cc(OC)c(OC)cc2OC)C3=O)CC1. The van der Waals surface area contributed by atoms with Crippen molar-refractivity contribution >= 4 is 17.8 Å². The molecule has 4 rings (SSSR count). The third kappa shape index (κ3) is 4.97. The van der Waals surface area contributed by atoms with Crippen LogP contribution in [-0.4, -0.2) is 62.8 Å². The van der Waals surface area contributed by atoms with E-state index in [4.69, 9.17) is 23.7 Å². The van der Waals surface area contributed by atoms with Gasteiger partial charge in [-0.25, -0.2) is 0 Å². The molecule has 0 aromatic heterocycles. The van der Waals surface area contributed by atoms with E-state index in [2.05, 4.69) is 4.90 Å². The van der Waals surface area contributed by atoms with E-state index in [0.29, 0.717) is 78.8 Å². The molecule has 0 saturated carbocycles. The third-order valence-electron chi connectivity index (χ3n) is 6.53. The highest BCUT2D eigenvalue weighted by atomic mass is 16.5. The number of hydrogen-bond donors (Lipinski definition) is 1. The van der Waals surface area contributed by atoms with Crippen molar-refractivity contribution in [3.63, 3.8) is 0 Å². The van der Waals surface area contributed by atoms with Crippen LogP contribution in [0.25, 0.3) is 6.08 Å². The van der Waals surface area contributed by atoms with Crippen LogP contribution in [0.2, 0.25) is 0 Å². The van der Waals surface area contributed by atoms with Gasteiger partial charge in [0.15, 0.2) is 17.3 Å². The maximum Gasteiger partial charge on any atom is 0.309 e. The number of esters is 1. The number of likely N-dealkylation sites (tertiary alicyclic amines) is 1. The van der Waals surface area contributed by atoms with Crippen molar-refractivity contribution in [3.05, 3.63) is 46.7 Å². The molecule has 1 N–H and O–H groups in total. The summed E-state index contributed by atoms with van der Waals surface area (Å²) in [6, 6.07) is 6.46. The van der Waals surface area contributed by atoms with Crippen LogP contribution in [0.4, 0.5) is 0 Å². The Bertz CT molecular complexity index is 1180. The summed E-state index contributed by atoms with van der Waals surface area (Å²) in [5, 5.41) is 10.6. The number of nitrogens with zero attached hydrogens (tertiary/aromatic N) is 1. The molecule has 0 amide bonds. The summed E-state index contributed by atoms with van der Waals surface area (Å²) in [5.41, 5.74) is 1.51. The molecule has 2 aromatic carbocycles. The summed E-state index contributed by atoms with van der Waals surface area (Å²) in [6.07, 6.45) is 2.95. The van der Waals surface area contributed by atoms with Gasteiger partial charge in [0, 0.05) is 18.2 Å². The molecule has 2 heterocycles. The van der Waals surface area contributed by atoms with E-state index in [1.807, 2.05) is 0 Å². The summed E-state index contributed by atoms with van der Waals surface area (Å²) in [4.78, 5) is 27.4. The standard InChI is InChI=1S/C27H31NO8/c1-5-35-27(31)16-8-10-28(11-9-16)15-19-20(29)7-6-18-25(30)24(36-26(18)19)13-17-12-22(33-3)23(34-4)14-21(17)32-2/h6-7,12-14,16,29H,5,8-11,15H2,1-4H3/b24-13+. The molecule has 1 fully saturated rings. The van der Waals surface area contributed by atoms with Gasteiger partial charge in [-0.3, -0.25) is 14.5 Å². The second-order valence-corrected chi connectivity index (χ2v) is 8.63. The van der Waals surface area contributed by atoms with Gasteiger partial charge in [0.25, 0.3) is 0 Å². The number of allylic oxidation sites excluding steroid dienone is 1. The predicted molar refractivity (Wildman–Crippen MR) is 132 cm³/mol. The van der Waals surface area contributed by atoms with Crippen molar-refractivity contribution in [1.29, 1.82) is 0 Å². The molecular weight excluding hydrogens is 466 g/mol. The number of carbonyl (C=O) groups is 2. The Labute approximate surface area is 210 Å². The molecule has 0 spiro atoms. The fourth-order valence-electron chi connectivity index (χ4n) is 4.57. The molecule has 1 saturated heterocycles. The van der Waals surface area contributed by atoms with Gasteiger partial charge in [-0.2, -0.15) is 0 Å². The first-order valence-electron chi connectivity index (χ1n) is 11.9. The molecule has 9 nitrogen and oxygen atoms in total. The summed E-state index contributed by atoms with van der Waals surface area (Å²) < 4.78 is 27.3. The minimum Gasteiger partial charge on any atom is -0.507 e. The Morgan fingerprint density at radius 1 is 1.08 bits per heavy atom. The first-order chi connectivity index (χ1) is 17.4. The van der Waals surface area contributed by atoms with E-state index < -0.39 is 0 Å². The summed E-state index contributed by atoms with van der Waals surface area (Å²) in [6.45, 7) is 3.92. The quantitative estimate of drug-likeness (QED) is 0.431. The number of ketones is 1. The van der Waals surface area contributed by atoms with Crippen molar-refractivity contribution in [2.45, 2.75) is 26.3 Å². The Morgan fingerprint density at radius 2 is 1.75 bits per heavy atom. The Kier molecular flexibility index (Phi) is 7.69. The molecule has 2 aliphatic rings. The number of phenols is 1. The number of fused-ring (bicyclic) bond motifs is 1. The number of rotatable bonds is 8. The van der Waals surface area contributed by atoms with Crippen LogP contribution in [0, 0.1) is 5.92 Å². The van der Waals surface area contributed by atoms with Crippen LogP contribution in [0.1, 0.15) is 41.3 Å². The zero-order valence-corrected chi connectivity index (χ0v) is 21.0. The van der Waals surface area contributed by atoms with E-state index in [1.165, 1.54) is 27.4 Å². The predicted octanol–water partition coefficient (Wildman–Crippen LogP) is 3.81. The molecule has 0 radical (unpaired) electrons. The molecule has 2 aromatic rings. The number of ether oxygens (including phenoxy) is 5. The minimum atomic E-state index is -0.288. The highest BCUT2D eigenvalue weighted by Crippen LogP contribution is 2.42. The molecule has 0 aliphatic carbocycles. The van der Waals surface area contributed by atoms with Gasteiger partial charge in [0.2, 0.25) is 5.78 Å². The Morgan fingerprint density at radius 3 is 2.39 bits per heavy atom. The number of methoxy groups -OCH3 is 3. The van der Waals surface area contributed by atoms with Crippen LogP contribution in [0.5, 0.6) is 28.7 Å². The van der Waals surface area contributed by atoms with Crippen LogP contribution in [0.15, 0.2) is 30.0 Å². The Balaban J connectivity index is 1.57. The van der Waals surface area contributed by atoms with Crippen molar-refractivity contribution < 1.29 is 38.4 Å². The van der Waals surface area contributed by atoms with Gasteiger partial charge in [-0.1, -0.05) is 0 Å². The molecule has 9 heteroatoms. The van der Waals surface area contributed by atoms with E-state index in [9.17, 15) is 14.7 Å². The van der Waals surface area contributed by atoms with E-state index in [0.717, 1.165) is 0 Å². The number of hydrogen-bond acceptors (Lipinski definition) is 9. The fourth-order valence-corrected chi connectivity index (χ4v) is 4.57. The second kappa shape index (κ2) is 10.9. The summed E-state index contributed by atoms with van der Waals surface area (Å²) in [5.74, 6) is 1.43. The lowest BCUT2D eigenvalue weighted by Gasteiger charge is -2.31. The summed E-state index contributed by atoms with van der Waals surface area (Å²) >= 11 is 0. The van der Waals surface area contributed by atoms with Crippen LogP contribution in [-0.2, 0) is 16.1 Å². The van der Waals surface area contributed by atoms with E-state index >= 15 is 0 Å². The van der Waals surface area contributed by atoms with E-state index in [-0.39, 0.29) is 29.2 Å². The molecular formula is C27H31NO8. The first-order valence-corrected chi connectivity index (χ1v) is 11.9. The topological polar surface area (TPSA) is 104 Å². The summed E-state index contributed by atoms with van der Waals surface area (Å²) in [7, 11) is 4.58. The molecule has 0 bridgehead atoms. The number of piperidine rings is 1. The van der Waals surface area contributed by atoms with Crippen molar-refractivity contribution in [3.8, 4) is 28.7 Å². The molecule has 0 atom stereocenters. The van der Waals surface area contributed by atoms with Crippen LogP contribution < -0.4 is 18.9 Å². The van der Waals surface area contributed by atoms with Gasteiger partial charge in [0.05, 0.1) is 45.0 Å². The zero-order valence-electron chi connectivity index (χ0n) is 21.0. The van der Waals surface area contributed by atoms with E-state index in [1.54, 1.807) is 31.2 Å². The lowest BCUT2D eigenvalue weighted by molar-refractivity contribution is -0.149. The van der Waals surface area contributed by atoms with Crippen LogP contribution in [0.3, 0.4) is 0 Å². The molecule has 2 aliphatic heterocycles. The number of carbonyl (C=O) groups excluding carboxylic acids is 2. The van der Waals surface area contributed by atoms with Gasteiger partial charge < -0.3 is 28.8 Å². The first kappa shape index (κ1) is 25.4. The van der Waals surface area contributed by atoms with Gasteiger partial charge in [0.1, 0.15) is 17.2 Å². The van der Waals surface area contributed by atoms with Crippen molar-refractivity contribution in [2.24, 2.45) is 5.92 Å². The number of benzene rings is 2. The lowest BCUT2D eigenvalue weighted by atomic mass is 9.96. The normalized spacial score (nSPS) is 17.0. The fraction of sp³-hybridized carbons (Fsp3) is 0.407. The third-order valence-corrected chi connectivity index (χ3v) is 6.53. The lowest BCUT2D eigenvalue weighted by Crippen LogP contribution is -2.36. The molecule has 0 unspecified atom stereocenters. The van der Waals surface area contributed by atoms with Gasteiger partial charge >= 0.3 is 5.97 Å². The van der Waals surface area contributed by atoms with Gasteiger partial charge in [-0.15, -0.1) is 0 Å². The highest BCUT2D eigenvalue weighted by molar-refractivity contribution is 6.15. The zero-order chi connectivity index (χ0) is 25.8. The smallest absolute Gasteiger partial charge is 0.309 e. The second-order valence-electron chi connectivity index (χ2n) is 8.63. The largest absolute Gasteiger partial charge is 0.507 e. The number of Topliss-reactive ketones (excluding diaryl/α,β-unsaturated/α-hetero) is 1. The minimum absolute atomic E-state index is 0.0546. The molecule has 192 valence electrons. The average molecular weight is 498 g/mol. The highest BCUT2D eigenvalue weighted by Gasteiger charge is 2.33. The number of aromatic hydroxyl groups is 1. The number of phenolic OH excluding ortho intramolecular Hbond substituents is 1. The van der Waals surface area contributed by atoms with Crippen molar-refractivity contribution in [1.82, 2.24) is 4.90 Å². The monoisotopic (exact) mass is 497 g/mol. The Hall–Kier alpha value is -3.72. The molecule has 36 heavy (non-hydrogen) atoms. The van der Waals surface area contributed by atoms with Crippen LogP contribution >= 0.6 is 0 Å². The van der Waals surface area contributed by atoms with Gasteiger partial charge in [-0.05, 0) is 57.1 Å².